The number of halogens is 1. The van der Waals surface area contributed by atoms with Gasteiger partial charge in [-0.05, 0) is 38.5 Å². The van der Waals surface area contributed by atoms with E-state index in [1.807, 2.05) is 0 Å². The van der Waals surface area contributed by atoms with Gasteiger partial charge in [-0.3, -0.25) is 0 Å². The topological polar surface area (TPSA) is 43.4 Å². The lowest BCUT2D eigenvalue weighted by molar-refractivity contribution is 0.0556. The first kappa shape index (κ1) is 12.7. The van der Waals surface area contributed by atoms with Crippen LogP contribution in [0.5, 0.6) is 0 Å². The molecule has 16 heavy (non-hydrogen) atoms. The van der Waals surface area contributed by atoms with Crippen molar-refractivity contribution in [1.82, 2.24) is 0 Å². The first-order chi connectivity index (χ1) is 7.54. The number of rotatable bonds is 6. The van der Waals surface area contributed by atoms with Crippen molar-refractivity contribution >= 4 is 19.7 Å². The van der Waals surface area contributed by atoms with Gasteiger partial charge in [-0.2, -0.15) is 0 Å². The molecule has 0 aliphatic heterocycles. The summed E-state index contributed by atoms with van der Waals surface area (Å²) in [6.07, 6.45) is 8.20. The van der Waals surface area contributed by atoms with E-state index >= 15 is 0 Å². The van der Waals surface area contributed by atoms with Crippen LogP contribution in [0.15, 0.2) is 0 Å². The van der Waals surface area contributed by atoms with Crippen LogP contribution in [0.25, 0.3) is 0 Å². The molecule has 0 saturated heterocycles. The van der Waals surface area contributed by atoms with Crippen LogP contribution in [0.1, 0.15) is 51.4 Å². The summed E-state index contributed by atoms with van der Waals surface area (Å²) in [6.45, 7) is 0.679. The van der Waals surface area contributed by atoms with Gasteiger partial charge < -0.3 is 4.74 Å². The van der Waals surface area contributed by atoms with Gasteiger partial charge >= 0.3 is 0 Å². The van der Waals surface area contributed by atoms with Crippen molar-refractivity contribution in [2.24, 2.45) is 0 Å². The zero-order chi connectivity index (χ0) is 11.6. The van der Waals surface area contributed by atoms with Crippen molar-refractivity contribution in [2.45, 2.75) is 62.2 Å². The highest BCUT2D eigenvalue weighted by Crippen LogP contribution is 2.49. The minimum atomic E-state index is -3.37. The zero-order valence-corrected chi connectivity index (χ0v) is 11.0. The van der Waals surface area contributed by atoms with Crippen molar-refractivity contribution in [3.8, 4) is 0 Å². The summed E-state index contributed by atoms with van der Waals surface area (Å²) in [5, 5.41) is 0. The first-order valence-electron chi connectivity index (χ1n) is 6.09. The highest BCUT2D eigenvalue weighted by atomic mass is 35.7. The molecule has 0 heterocycles. The number of hydrogen-bond acceptors (Lipinski definition) is 3. The highest BCUT2D eigenvalue weighted by Gasteiger charge is 2.52. The van der Waals surface area contributed by atoms with E-state index in [1.165, 1.54) is 25.7 Å². The molecule has 0 N–H and O–H groups in total. The van der Waals surface area contributed by atoms with Gasteiger partial charge in [0.25, 0.3) is 0 Å². The Balaban J connectivity index is 1.65. The van der Waals surface area contributed by atoms with Gasteiger partial charge in [0.2, 0.25) is 9.05 Å². The van der Waals surface area contributed by atoms with Gasteiger partial charge in [-0.25, -0.2) is 8.42 Å². The Bertz CT molecular complexity index is 329. The molecule has 2 aliphatic carbocycles. The fraction of sp³-hybridized carbons (Fsp3) is 1.00. The molecule has 2 fully saturated rings. The van der Waals surface area contributed by atoms with E-state index in [1.54, 1.807) is 0 Å². The van der Waals surface area contributed by atoms with Gasteiger partial charge in [-0.1, -0.05) is 12.8 Å². The summed E-state index contributed by atoms with van der Waals surface area (Å²) in [6, 6.07) is 0. The predicted octanol–water partition coefficient (Wildman–Crippen LogP) is 2.83. The number of ether oxygens (including phenoxy) is 1. The van der Waals surface area contributed by atoms with E-state index in [0.29, 0.717) is 19.1 Å². The lowest BCUT2D eigenvalue weighted by Crippen LogP contribution is -2.19. The molecule has 0 amide bonds. The van der Waals surface area contributed by atoms with Crippen molar-refractivity contribution in [2.75, 3.05) is 6.61 Å². The summed E-state index contributed by atoms with van der Waals surface area (Å²) in [7, 11) is 2.05. The van der Waals surface area contributed by atoms with Gasteiger partial charge in [0.05, 0.1) is 10.9 Å². The summed E-state index contributed by atoms with van der Waals surface area (Å²) in [5.41, 5.74) is 0. The van der Waals surface area contributed by atoms with Crippen LogP contribution < -0.4 is 0 Å². The largest absolute Gasteiger partial charge is 0.378 e. The van der Waals surface area contributed by atoms with E-state index in [0.717, 1.165) is 19.3 Å². The summed E-state index contributed by atoms with van der Waals surface area (Å²) in [5.74, 6) is 0. The molecule has 2 saturated carbocycles. The molecule has 5 heteroatoms. The average Bonchev–Trinajstić information content (AvgIpc) is 2.83. The third-order valence-corrected chi connectivity index (χ3v) is 6.39. The quantitative estimate of drug-likeness (QED) is 0.548. The van der Waals surface area contributed by atoms with Crippen molar-refractivity contribution < 1.29 is 13.2 Å². The Labute approximate surface area is 102 Å². The fourth-order valence-electron chi connectivity index (χ4n) is 2.45. The van der Waals surface area contributed by atoms with Crippen LogP contribution in [0, 0.1) is 0 Å². The molecular formula is C11H19ClO3S. The van der Waals surface area contributed by atoms with E-state index in [-0.39, 0.29) is 0 Å². The molecule has 2 aliphatic rings. The molecule has 0 radical (unpaired) electrons. The molecule has 0 spiro atoms. The van der Waals surface area contributed by atoms with E-state index in [2.05, 4.69) is 0 Å². The maximum Gasteiger partial charge on any atom is 0.238 e. The Morgan fingerprint density at radius 1 is 1.25 bits per heavy atom. The minimum Gasteiger partial charge on any atom is -0.378 e. The fourth-order valence-corrected chi connectivity index (χ4v) is 4.13. The molecule has 0 aromatic rings. The lowest BCUT2D eigenvalue weighted by Gasteiger charge is -2.13. The zero-order valence-electron chi connectivity index (χ0n) is 9.45. The Morgan fingerprint density at radius 3 is 2.38 bits per heavy atom. The second kappa shape index (κ2) is 4.83. The average molecular weight is 267 g/mol. The number of hydrogen-bond donors (Lipinski definition) is 0. The summed E-state index contributed by atoms with van der Waals surface area (Å²) >= 11 is 0. The standard InChI is InChI=1S/C11H19ClO3S/c12-16(13,14)11(7-8-11)6-3-9-15-10-4-1-2-5-10/h10H,1-9H2. The van der Waals surface area contributed by atoms with Crippen molar-refractivity contribution in [3.63, 3.8) is 0 Å². The molecule has 0 unspecified atom stereocenters. The normalized spacial score (nSPS) is 24.8. The molecule has 0 bridgehead atoms. The Hall–Kier alpha value is 0.200. The molecule has 94 valence electrons. The molecule has 0 atom stereocenters. The molecule has 0 aromatic heterocycles. The van der Waals surface area contributed by atoms with Gasteiger partial charge in [0, 0.05) is 17.3 Å². The van der Waals surface area contributed by atoms with Crippen LogP contribution in [0.2, 0.25) is 0 Å². The second-order valence-corrected chi connectivity index (χ2v) is 7.96. The van der Waals surface area contributed by atoms with Crippen LogP contribution >= 0.6 is 10.7 Å². The van der Waals surface area contributed by atoms with Gasteiger partial charge in [0.15, 0.2) is 0 Å². The smallest absolute Gasteiger partial charge is 0.238 e. The van der Waals surface area contributed by atoms with E-state index < -0.39 is 13.8 Å². The van der Waals surface area contributed by atoms with E-state index in [4.69, 9.17) is 15.4 Å². The summed E-state index contributed by atoms with van der Waals surface area (Å²) in [4.78, 5) is 0. The third-order valence-electron chi connectivity index (χ3n) is 3.76. The highest BCUT2D eigenvalue weighted by molar-refractivity contribution is 8.15. The molecular weight excluding hydrogens is 248 g/mol. The van der Waals surface area contributed by atoms with Crippen LogP contribution in [-0.2, 0) is 13.8 Å². The van der Waals surface area contributed by atoms with Crippen molar-refractivity contribution in [3.05, 3.63) is 0 Å². The van der Waals surface area contributed by atoms with Gasteiger partial charge in [0.1, 0.15) is 0 Å². The maximum absolute atomic E-state index is 11.3. The van der Waals surface area contributed by atoms with Crippen LogP contribution in [0.4, 0.5) is 0 Å². The first-order valence-corrected chi connectivity index (χ1v) is 8.40. The Kier molecular flexibility index (Phi) is 3.82. The van der Waals surface area contributed by atoms with Crippen molar-refractivity contribution in [1.29, 1.82) is 0 Å². The Morgan fingerprint density at radius 2 is 1.88 bits per heavy atom. The lowest BCUT2D eigenvalue weighted by atomic mass is 10.2. The SMILES string of the molecule is O=S(=O)(Cl)C1(CCCOC2CCCC2)CC1. The summed E-state index contributed by atoms with van der Waals surface area (Å²) < 4.78 is 27.7. The molecule has 2 rings (SSSR count). The third kappa shape index (κ3) is 2.90. The molecule has 0 aromatic carbocycles. The second-order valence-electron chi connectivity index (χ2n) is 5.00. The maximum atomic E-state index is 11.3. The van der Waals surface area contributed by atoms with E-state index in [9.17, 15) is 8.42 Å². The van der Waals surface area contributed by atoms with Gasteiger partial charge in [-0.15, -0.1) is 0 Å². The molecule has 3 nitrogen and oxygen atoms in total. The minimum absolute atomic E-state index is 0.419. The van der Waals surface area contributed by atoms with Crippen LogP contribution in [-0.4, -0.2) is 25.9 Å². The monoisotopic (exact) mass is 266 g/mol. The predicted molar refractivity (Wildman–Crippen MR) is 64.2 cm³/mol. The van der Waals surface area contributed by atoms with Crippen LogP contribution in [0.3, 0.4) is 0 Å².